The fraction of sp³-hybridized carbons (Fsp3) is 0.625. The minimum atomic E-state index is 0.335. The lowest BCUT2D eigenvalue weighted by molar-refractivity contribution is 0.270. The van der Waals surface area contributed by atoms with Gasteiger partial charge in [0.25, 0.3) is 0 Å². The van der Waals surface area contributed by atoms with Gasteiger partial charge in [-0.25, -0.2) is 0 Å². The lowest BCUT2D eigenvalue weighted by atomic mass is 9.81. The molecule has 2 rings (SSSR count). The molecule has 0 saturated heterocycles. The maximum Gasteiger partial charge on any atom is 0.0604 e. The summed E-state index contributed by atoms with van der Waals surface area (Å²) in [5.41, 5.74) is 3.07. The fourth-order valence-corrected chi connectivity index (χ4v) is 3.75. The van der Waals surface area contributed by atoms with Crippen LogP contribution in [0.2, 0.25) is 0 Å². The second kappa shape index (κ2) is 5.74. The number of alkyl halides is 1. The molecule has 106 valence electrons. The lowest BCUT2D eigenvalue weighted by Gasteiger charge is -2.41. The van der Waals surface area contributed by atoms with Crippen molar-refractivity contribution in [3.63, 3.8) is 0 Å². The second-order valence-electron chi connectivity index (χ2n) is 6.57. The van der Waals surface area contributed by atoms with Crippen LogP contribution in [0.15, 0.2) is 24.3 Å². The first-order valence-corrected chi connectivity index (χ1v) is 8.16. The van der Waals surface area contributed by atoms with Crippen LogP contribution in [0, 0.1) is 11.3 Å². The third kappa shape index (κ3) is 3.25. The predicted octanol–water partition coefficient (Wildman–Crippen LogP) is 4.00. The van der Waals surface area contributed by atoms with Gasteiger partial charge in [0.2, 0.25) is 0 Å². The monoisotopic (exact) mass is 324 g/mol. The molecule has 0 aliphatic carbocycles. The van der Waals surface area contributed by atoms with Crippen LogP contribution < -0.4 is 9.80 Å². The topological polar surface area (TPSA) is 6.48 Å². The molecule has 2 nitrogen and oxygen atoms in total. The van der Waals surface area contributed by atoms with Gasteiger partial charge < -0.3 is 9.80 Å². The van der Waals surface area contributed by atoms with Crippen molar-refractivity contribution in [2.45, 2.75) is 20.8 Å². The zero-order valence-corrected chi connectivity index (χ0v) is 14.1. The van der Waals surface area contributed by atoms with Crippen molar-refractivity contribution < 1.29 is 0 Å². The quantitative estimate of drug-likeness (QED) is 0.775. The number of benzene rings is 1. The van der Waals surface area contributed by atoms with Crippen LogP contribution in [0.1, 0.15) is 20.8 Å². The normalized spacial score (nSPS) is 17.3. The molecule has 1 unspecified atom stereocenters. The van der Waals surface area contributed by atoms with Gasteiger partial charge in [-0.1, -0.05) is 48.8 Å². The highest BCUT2D eigenvalue weighted by Crippen LogP contribution is 2.35. The van der Waals surface area contributed by atoms with Crippen LogP contribution >= 0.6 is 15.9 Å². The standard InChI is InChI=1S/C16H25BrN2/c1-16(2,3)13(11-17)12-19-10-9-18(4)14-7-5-6-8-15(14)19/h5-8,13H,9-12H2,1-4H3. The Morgan fingerprint density at radius 1 is 1.16 bits per heavy atom. The zero-order valence-electron chi connectivity index (χ0n) is 12.5. The number of nitrogens with zero attached hydrogens (tertiary/aromatic N) is 2. The summed E-state index contributed by atoms with van der Waals surface area (Å²) < 4.78 is 0. The van der Waals surface area contributed by atoms with Gasteiger partial charge in [0, 0.05) is 32.0 Å². The van der Waals surface area contributed by atoms with E-state index < -0.39 is 0 Å². The molecule has 0 N–H and O–H groups in total. The minimum absolute atomic E-state index is 0.335. The number of hydrogen-bond acceptors (Lipinski definition) is 2. The molecule has 1 aliphatic heterocycles. The van der Waals surface area contributed by atoms with E-state index >= 15 is 0 Å². The number of para-hydroxylation sites is 2. The van der Waals surface area contributed by atoms with Gasteiger partial charge in [0.15, 0.2) is 0 Å². The maximum absolute atomic E-state index is 3.69. The largest absolute Gasteiger partial charge is 0.371 e. The third-order valence-electron chi connectivity index (χ3n) is 4.19. The Balaban J connectivity index is 2.21. The van der Waals surface area contributed by atoms with Gasteiger partial charge in [-0.2, -0.15) is 0 Å². The number of hydrogen-bond donors (Lipinski definition) is 0. The molecule has 1 heterocycles. The molecule has 1 aromatic carbocycles. The Kier molecular flexibility index (Phi) is 4.44. The van der Waals surface area contributed by atoms with Crippen LogP contribution in [-0.2, 0) is 0 Å². The molecular weight excluding hydrogens is 300 g/mol. The SMILES string of the molecule is CN1CCN(CC(CBr)C(C)(C)C)c2ccccc21. The molecule has 19 heavy (non-hydrogen) atoms. The fourth-order valence-electron chi connectivity index (χ4n) is 2.58. The van der Waals surface area contributed by atoms with Gasteiger partial charge in [0.1, 0.15) is 0 Å². The molecule has 3 heteroatoms. The summed E-state index contributed by atoms with van der Waals surface area (Å²) in [6.07, 6.45) is 0. The summed E-state index contributed by atoms with van der Waals surface area (Å²) in [4.78, 5) is 4.90. The second-order valence-corrected chi connectivity index (χ2v) is 7.22. The van der Waals surface area contributed by atoms with E-state index in [4.69, 9.17) is 0 Å². The summed E-state index contributed by atoms with van der Waals surface area (Å²) in [6, 6.07) is 8.75. The summed E-state index contributed by atoms with van der Waals surface area (Å²) >= 11 is 3.69. The summed E-state index contributed by atoms with van der Waals surface area (Å²) in [7, 11) is 2.18. The molecule has 0 spiro atoms. The van der Waals surface area contributed by atoms with Crippen LogP contribution in [0.25, 0.3) is 0 Å². The average Bonchev–Trinajstić information content (AvgIpc) is 2.37. The van der Waals surface area contributed by atoms with E-state index in [1.54, 1.807) is 0 Å². The number of rotatable bonds is 3. The highest BCUT2D eigenvalue weighted by molar-refractivity contribution is 9.09. The molecule has 0 radical (unpaired) electrons. The number of halogens is 1. The van der Waals surface area contributed by atoms with Crippen molar-refractivity contribution in [2.24, 2.45) is 11.3 Å². The van der Waals surface area contributed by atoms with E-state index in [2.05, 4.69) is 77.8 Å². The van der Waals surface area contributed by atoms with Crippen LogP contribution in [-0.4, -0.2) is 32.0 Å². The van der Waals surface area contributed by atoms with Crippen molar-refractivity contribution >= 4 is 27.3 Å². The van der Waals surface area contributed by atoms with E-state index in [0.717, 1.165) is 25.0 Å². The molecule has 1 aromatic rings. The van der Waals surface area contributed by atoms with Crippen molar-refractivity contribution in [3.8, 4) is 0 Å². The first-order valence-electron chi connectivity index (χ1n) is 7.04. The molecule has 0 bridgehead atoms. The summed E-state index contributed by atoms with van der Waals surface area (Å²) in [5, 5.41) is 1.06. The summed E-state index contributed by atoms with van der Waals surface area (Å²) in [6.45, 7) is 10.4. The Labute approximate surface area is 125 Å². The van der Waals surface area contributed by atoms with Gasteiger partial charge in [-0.15, -0.1) is 0 Å². The Morgan fingerprint density at radius 3 is 2.37 bits per heavy atom. The number of fused-ring (bicyclic) bond motifs is 1. The van der Waals surface area contributed by atoms with Crippen molar-refractivity contribution in [1.82, 2.24) is 0 Å². The Morgan fingerprint density at radius 2 is 1.79 bits per heavy atom. The third-order valence-corrected chi connectivity index (χ3v) is 4.97. The van der Waals surface area contributed by atoms with Crippen molar-refractivity contribution in [3.05, 3.63) is 24.3 Å². The Bertz CT molecular complexity index is 425. The van der Waals surface area contributed by atoms with Gasteiger partial charge in [0.05, 0.1) is 11.4 Å². The van der Waals surface area contributed by atoms with Crippen molar-refractivity contribution in [1.29, 1.82) is 0 Å². The van der Waals surface area contributed by atoms with E-state index in [1.807, 2.05) is 0 Å². The van der Waals surface area contributed by atoms with Gasteiger partial charge >= 0.3 is 0 Å². The highest BCUT2D eigenvalue weighted by atomic mass is 79.9. The molecule has 1 atom stereocenters. The number of likely N-dealkylation sites (N-methyl/N-ethyl adjacent to an activating group) is 1. The highest BCUT2D eigenvalue weighted by Gasteiger charge is 2.28. The molecule has 0 aromatic heterocycles. The summed E-state index contributed by atoms with van der Waals surface area (Å²) in [5.74, 6) is 0.656. The van der Waals surface area contributed by atoms with E-state index in [1.165, 1.54) is 11.4 Å². The number of anilines is 2. The van der Waals surface area contributed by atoms with Crippen LogP contribution in [0.3, 0.4) is 0 Å². The van der Waals surface area contributed by atoms with Crippen LogP contribution in [0.5, 0.6) is 0 Å². The maximum atomic E-state index is 3.69. The van der Waals surface area contributed by atoms with Crippen LogP contribution in [0.4, 0.5) is 11.4 Å². The van der Waals surface area contributed by atoms with E-state index in [9.17, 15) is 0 Å². The smallest absolute Gasteiger partial charge is 0.0604 e. The minimum Gasteiger partial charge on any atom is -0.371 e. The Hall–Kier alpha value is -0.700. The molecule has 0 amide bonds. The first-order chi connectivity index (χ1) is 8.93. The molecule has 0 saturated carbocycles. The lowest BCUT2D eigenvalue weighted by Crippen LogP contribution is -2.44. The molecular formula is C16H25BrN2. The van der Waals surface area contributed by atoms with Crippen molar-refractivity contribution in [2.75, 3.05) is 41.8 Å². The van der Waals surface area contributed by atoms with E-state index in [-0.39, 0.29) is 0 Å². The average molecular weight is 325 g/mol. The first kappa shape index (κ1) is 14.7. The molecule has 1 aliphatic rings. The molecule has 0 fully saturated rings. The van der Waals surface area contributed by atoms with E-state index in [0.29, 0.717) is 11.3 Å². The van der Waals surface area contributed by atoms with Gasteiger partial charge in [-0.05, 0) is 23.5 Å². The van der Waals surface area contributed by atoms with Gasteiger partial charge in [-0.3, -0.25) is 0 Å². The predicted molar refractivity (Wildman–Crippen MR) is 88.7 cm³/mol. The zero-order chi connectivity index (χ0) is 14.0.